The quantitative estimate of drug-likeness (QED) is 0.286. The first-order valence-electron chi connectivity index (χ1n) is 4.59. The monoisotopic (exact) mass is 272 g/mol. The third-order valence-electron chi connectivity index (χ3n) is 1.35. The number of ether oxygens (including phenoxy) is 2. The summed E-state index contributed by atoms with van der Waals surface area (Å²) in [5.74, 6) is 2.13. The van der Waals surface area contributed by atoms with Crippen LogP contribution in [0.25, 0.3) is 0 Å². The molecule has 100 valence electrons. The second kappa shape index (κ2) is 6.97. The molecule has 8 heteroatoms. The van der Waals surface area contributed by atoms with Crippen molar-refractivity contribution < 1.29 is 32.2 Å². The Morgan fingerprint density at radius 1 is 1.35 bits per heavy atom. The maximum atomic E-state index is 12.5. The molecule has 1 atom stereocenters. The molecule has 0 saturated carbocycles. The zero-order valence-corrected chi connectivity index (χ0v) is 9.98. The van der Waals surface area contributed by atoms with Gasteiger partial charge in [0.2, 0.25) is 0 Å². The molecule has 2 N–H and O–H groups in total. The van der Waals surface area contributed by atoms with Crippen LogP contribution in [0.15, 0.2) is 12.7 Å². The van der Waals surface area contributed by atoms with Gasteiger partial charge in [0.05, 0.1) is 0 Å². The van der Waals surface area contributed by atoms with Crippen LogP contribution in [0.5, 0.6) is 0 Å². The zero-order valence-electron chi connectivity index (χ0n) is 9.09. The van der Waals surface area contributed by atoms with Crippen LogP contribution in [-0.4, -0.2) is 42.3 Å². The predicted molar refractivity (Wildman–Crippen MR) is 59.1 cm³/mol. The van der Waals surface area contributed by atoms with Crippen molar-refractivity contribution >= 4 is 7.91 Å². The molecule has 0 rings (SSSR count). The Bertz CT molecular complexity index is 274. The molecule has 0 heterocycles. The van der Waals surface area contributed by atoms with Crippen molar-refractivity contribution in [3.63, 3.8) is 0 Å². The summed E-state index contributed by atoms with van der Waals surface area (Å²) < 4.78 is 38.5. The third kappa shape index (κ3) is 11.6. The molecule has 0 radical (unpaired) electrons. The Morgan fingerprint density at radius 2 is 1.94 bits per heavy atom. The Hall–Kier alpha value is -0.610. The number of terminal acetylenes is 1. The summed E-state index contributed by atoms with van der Waals surface area (Å²) in [4.78, 5) is 16.7. The van der Waals surface area contributed by atoms with Gasteiger partial charge in [-0.1, -0.05) is 0 Å². The first-order valence-corrected chi connectivity index (χ1v) is 6.43. The second-order valence-electron chi connectivity index (χ2n) is 3.03. The molecule has 0 bridgehead atoms. The summed E-state index contributed by atoms with van der Waals surface area (Å²) >= 11 is 0. The molecule has 5 nitrogen and oxygen atoms in total. The molecule has 0 aromatic carbocycles. The molecule has 0 amide bonds. The Morgan fingerprint density at radius 3 is 2.41 bits per heavy atom. The topological polar surface area (TPSA) is 68.2 Å². The van der Waals surface area contributed by atoms with Crippen molar-refractivity contribution in [2.24, 2.45) is 0 Å². The molecular formula is C9H15F2O5P. The van der Waals surface area contributed by atoms with Gasteiger partial charge in [-0.05, 0) is 0 Å². The first-order chi connectivity index (χ1) is 7.74. The van der Waals surface area contributed by atoms with Crippen molar-refractivity contribution in [2.75, 3.05) is 26.4 Å². The van der Waals surface area contributed by atoms with Gasteiger partial charge in [-0.25, -0.2) is 0 Å². The molecule has 0 aromatic rings. The van der Waals surface area contributed by atoms with Gasteiger partial charge < -0.3 is 0 Å². The normalized spacial score (nSPS) is 15.6. The molecule has 0 saturated heterocycles. The van der Waals surface area contributed by atoms with Crippen LogP contribution >= 0.6 is 7.91 Å². The molecular weight excluding hydrogens is 257 g/mol. The van der Waals surface area contributed by atoms with E-state index in [0.717, 1.165) is 0 Å². The van der Waals surface area contributed by atoms with Gasteiger partial charge >= 0.3 is 97.6 Å². The zero-order chi connectivity index (χ0) is 13.4. The molecule has 0 aliphatic heterocycles. The van der Waals surface area contributed by atoms with E-state index in [2.05, 4.69) is 17.0 Å². The van der Waals surface area contributed by atoms with Crippen LogP contribution in [-0.2, 0) is 14.0 Å². The van der Waals surface area contributed by atoms with Gasteiger partial charge in [0, 0.05) is 0 Å². The van der Waals surface area contributed by atoms with Gasteiger partial charge in [0.25, 0.3) is 0 Å². The molecule has 0 fully saturated rings. The Labute approximate surface area is 98.4 Å². The number of hydrogen-bond donors (Lipinski definition) is 2. The summed E-state index contributed by atoms with van der Waals surface area (Å²) in [5, 5.41) is 0. The average Bonchev–Trinajstić information content (AvgIpc) is 2.15. The number of rotatable bonds is 9. The predicted octanol–water partition coefficient (Wildman–Crippen LogP) is 1.28. The SMILES string of the molecule is C#CCOCC(COCC=C)OP(O)(O)(F)F. The van der Waals surface area contributed by atoms with E-state index in [1.165, 1.54) is 6.08 Å². The van der Waals surface area contributed by atoms with E-state index >= 15 is 0 Å². The summed E-state index contributed by atoms with van der Waals surface area (Å²) in [6, 6.07) is 0. The second-order valence-corrected chi connectivity index (χ2v) is 4.75. The van der Waals surface area contributed by atoms with E-state index in [1.807, 2.05) is 0 Å². The Balaban J connectivity index is 4.20. The Kier molecular flexibility index (Phi) is 6.72. The van der Waals surface area contributed by atoms with Crippen molar-refractivity contribution in [2.45, 2.75) is 6.10 Å². The van der Waals surface area contributed by atoms with Crippen molar-refractivity contribution in [1.82, 2.24) is 0 Å². The molecule has 0 aromatic heterocycles. The first kappa shape index (κ1) is 16.4. The minimum absolute atomic E-state index is 0.104. The minimum atomic E-state index is -7.04. The summed E-state index contributed by atoms with van der Waals surface area (Å²) in [6.45, 7) is 2.72. The van der Waals surface area contributed by atoms with Gasteiger partial charge in [0.15, 0.2) is 0 Å². The summed E-state index contributed by atoms with van der Waals surface area (Å²) in [7, 11) is -7.04. The van der Waals surface area contributed by atoms with Crippen LogP contribution in [0.4, 0.5) is 8.39 Å². The van der Waals surface area contributed by atoms with Gasteiger partial charge in [-0.2, -0.15) is 0 Å². The molecule has 0 spiro atoms. The van der Waals surface area contributed by atoms with Crippen molar-refractivity contribution in [1.29, 1.82) is 0 Å². The van der Waals surface area contributed by atoms with Crippen molar-refractivity contribution in [3.8, 4) is 12.3 Å². The average molecular weight is 272 g/mol. The molecule has 17 heavy (non-hydrogen) atoms. The van der Waals surface area contributed by atoms with E-state index in [0.29, 0.717) is 0 Å². The third-order valence-corrected chi connectivity index (χ3v) is 2.00. The van der Waals surface area contributed by atoms with Crippen LogP contribution < -0.4 is 0 Å². The summed E-state index contributed by atoms with van der Waals surface area (Å²) in [5.41, 5.74) is 0. The molecule has 0 aliphatic rings. The maximum absolute atomic E-state index is 12.5. The van der Waals surface area contributed by atoms with E-state index in [4.69, 9.17) is 25.7 Å². The standard InChI is InChI=1S/C9H15F2O5P/c1-3-5-14-7-9(8-15-6-4-2)16-17(10,11,12)13/h1,4,9,12-13H,2,5-8H2. The van der Waals surface area contributed by atoms with Crippen molar-refractivity contribution in [3.05, 3.63) is 12.7 Å². The van der Waals surface area contributed by atoms with E-state index in [1.54, 1.807) is 0 Å². The van der Waals surface area contributed by atoms with Crippen LogP contribution in [0.3, 0.4) is 0 Å². The van der Waals surface area contributed by atoms with Crippen LogP contribution in [0.1, 0.15) is 0 Å². The van der Waals surface area contributed by atoms with E-state index in [9.17, 15) is 8.39 Å². The van der Waals surface area contributed by atoms with Crippen LogP contribution in [0.2, 0.25) is 0 Å². The fourth-order valence-corrected chi connectivity index (χ4v) is 1.50. The van der Waals surface area contributed by atoms with E-state index < -0.39 is 14.0 Å². The van der Waals surface area contributed by atoms with Gasteiger partial charge in [-0.3, -0.25) is 0 Å². The summed E-state index contributed by atoms with van der Waals surface area (Å²) in [6.07, 6.45) is 4.97. The van der Waals surface area contributed by atoms with Crippen LogP contribution in [0, 0.1) is 12.3 Å². The number of halogens is 2. The number of hydrogen-bond acceptors (Lipinski definition) is 5. The van der Waals surface area contributed by atoms with Gasteiger partial charge in [0.1, 0.15) is 0 Å². The van der Waals surface area contributed by atoms with E-state index in [-0.39, 0.29) is 26.4 Å². The van der Waals surface area contributed by atoms with Gasteiger partial charge in [-0.15, -0.1) is 0 Å². The fraction of sp³-hybridized carbons (Fsp3) is 0.556. The fourth-order valence-electron chi connectivity index (χ4n) is 0.887. The molecule has 1 unspecified atom stereocenters. The molecule has 0 aliphatic carbocycles.